The van der Waals surface area contributed by atoms with E-state index in [1.54, 1.807) is 24.1 Å². The molecule has 1 aliphatic heterocycles. The van der Waals surface area contributed by atoms with Crippen LogP contribution < -0.4 is 4.74 Å². The lowest BCUT2D eigenvalue weighted by Crippen LogP contribution is -2.40. The van der Waals surface area contributed by atoms with Crippen molar-refractivity contribution in [1.82, 2.24) is 15.0 Å². The molecule has 1 aromatic carbocycles. The number of benzene rings is 1. The molecule has 0 saturated carbocycles. The molecule has 4 rings (SSSR count). The summed E-state index contributed by atoms with van der Waals surface area (Å²) in [6, 6.07) is 8.24. The maximum atomic E-state index is 13.7. The van der Waals surface area contributed by atoms with Crippen LogP contribution in [0.1, 0.15) is 41.3 Å². The molecular weight excluding hydrogens is 411 g/mol. The number of carbonyl (C=O) groups excluding carboxylic acids is 1. The smallest absolute Gasteiger partial charge is 0.417 e. The number of carbonyl (C=O) groups is 1. The fourth-order valence-electron chi connectivity index (χ4n) is 4.06. The van der Waals surface area contributed by atoms with Gasteiger partial charge >= 0.3 is 6.18 Å². The molecule has 0 bridgehead atoms. The molecule has 0 N–H and O–H groups in total. The number of likely N-dealkylation sites (tertiary alicyclic amines) is 1. The molecule has 9 heteroatoms. The minimum Gasteiger partial charge on any atom is -0.497 e. The first-order chi connectivity index (χ1) is 14.8. The Labute approximate surface area is 177 Å². The van der Waals surface area contributed by atoms with Gasteiger partial charge in [0, 0.05) is 24.7 Å². The molecule has 0 radical (unpaired) electrons. The van der Waals surface area contributed by atoms with Gasteiger partial charge in [0.1, 0.15) is 5.75 Å². The maximum Gasteiger partial charge on any atom is 0.417 e. The number of nitrogens with zero attached hydrogens (tertiary/aromatic N) is 3. The number of aromatic nitrogens is 2. The summed E-state index contributed by atoms with van der Waals surface area (Å²) >= 11 is 0. The lowest BCUT2D eigenvalue weighted by molar-refractivity contribution is -0.136. The Morgan fingerprint density at radius 2 is 2.03 bits per heavy atom. The standard InChI is InChI=1S/C22H22F3N3O3/c1-13-10-17(22(23,24)25)19-20(27-31-21(19)26-13)15-4-3-9-28(12-15)18(29)11-14-5-7-16(30-2)8-6-14/h5-8,10,15H,3-4,9,11-12H2,1-2H3/t15-/m1/s1. The zero-order chi connectivity index (χ0) is 22.2. The van der Waals surface area contributed by atoms with E-state index in [1.807, 2.05) is 12.1 Å². The van der Waals surface area contributed by atoms with Gasteiger partial charge in [-0.2, -0.15) is 13.2 Å². The summed E-state index contributed by atoms with van der Waals surface area (Å²) in [5, 5.41) is 3.84. The highest BCUT2D eigenvalue weighted by atomic mass is 19.4. The number of hydrogen-bond acceptors (Lipinski definition) is 5. The van der Waals surface area contributed by atoms with Crippen molar-refractivity contribution in [3.63, 3.8) is 0 Å². The van der Waals surface area contributed by atoms with Crippen LogP contribution in [0.3, 0.4) is 0 Å². The van der Waals surface area contributed by atoms with Gasteiger partial charge in [0.15, 0.2) is 0 Å². The van der Waals surface area contributed by atoms with Gasteiger partial charge in [-0.15, -0.1) is 0 Å². The van der Waals surface area contributed by atoms with Crippen LogP contribution in [-0.2, 0) is 17.4 Å². The summed E-state index contributed by atoms with van der Waals surface area (Å²) in [6.45, 7) is 2.34. The molecule has 164 valence electrons. The summed E-state index contributed by atoms with van der Waals surface area (Å²) < 4.78 is 51.2. The third-order valence-corrected chi connectivity index (χ3v) is 5.58. The molecule has 2 aromatic heterocycles. The number of hydrogen-bond donors (Lipinski definition) is 0. The van der Waals surface area contributed by atoms with Crippen molar-refractivity contribution in [1.29, 1.82) is 0 Å². The van der Waals surface area contributed by atoms with E-state index in [2.05, 4.69) is 10.1 Å². The highest BCUT2D eigenvalue weighted by molar-refractivity contribution is 5.82. The van der Waals surface area contributed by atoms with Crippen molar-refractivity contribution < 1.29 is 27.2 Å². The van der Waals surface area contributed by atoms with Gasteiger partial charge in [0.05, 0.1) is 30.2 Å². The normalized spacial score (nSPS) is 17.2. The molecule has 1 aliphatic rings. The Morgan fingerprint density at radius 3 is 2.71 bits per heavy atom. The summed E-state index contributed by atoms with van der Waals surface area (Å²) in [6.07, 6.45) is -3.04. The number of pyridine rings is 1. The highest BCUT2D eigenvalue weighted by Gasteiger charge is 2.38. The lowest BCUT2D eigenvalue weighted by atomic mass is 9.91. The Balaban J connectivity index is 1.57. The average molecular weight is 433 g/mol. The second kappa shape index (κ2) is 8.20. The van der Waals surface area contributed by atoms with Gasteiger partial charge in [-0.1, -0.05) is 17.3 Å². The van der Waals surface area contributed by atoms with Crippen molar-refractivity contribution in [3.8, 4) is 5.75 Å². The van der Waals surface area contributed by atoms with E-state index in [4.69, 9.17) is 9.26 Å². The first kappa shape index (κ1) is 21.1. The minimum absolute atomic E-state index is 0.0762. The van der Waals surface area contributed by atoms with Crippen LogP contribution in [0.25, 0.3) is 11.1 Å². The number of rotatable bonds is 4. The molecule has 1 fully saturated rings. The van der Waals surface area contributed by atoms with Crippen molar-refractivity contribution in [2.75, 3.05) is 20.2 Å². The van der Waals surface area contributed by atoms with E-state index in [-0.39, 0.29) is 40.7 Å². The van der Waals surface area contributed by atoms with Crippen LogP contribution in [0.4, 0.5) is 13.2 Å². The second-order valence-corrected chi connectivity index (χ2v) is 7.76. The molecule has 0 spiro atoms. The summed E-state index contributed by atoms with van der Waals surface area (Å²) in [7, 11) is 1.57. The molecule has 0 aliphatic carbocycles. The number of alkyl halides is 3. The van der Waals surface area contributed by atoms with E-state index in [1.165, 1.54) is 6.92 Å². The summed E-state index contributed by atoms with van der Waals surface area (Å²) in [5.74, 6) is 0.282. The Kier molecular flexibility index (Phi) is 5.60. The molecule has 31 heavy (non-hydrogen) atoms. The molecule has 1 saturated heterocycles. The minimum atomic E-state index is -4.55. The van der Waals surface area contributed by atoms with E-state index in [0.717, 1.165) is 11.6 Å². The molecule has 3 aromatic rings. The number of amides is 1. The molecular formula is C22H22F3N3O3. The maximum absolute atomic E-state index is 13.7. The van der Waals surface area contributed by atoms with Gasteiger partial charge in [0.25, 0.3) is 5.71 Å². The predicted octanol–water partition coefficient (Wildman–Crippen LogP) is 4.51. The predicted molar refractivity (Wildman–Crippen MR) is 107 cm³/mol. The van der Waals surface area contributed by atoms with Crippen LogP contribution >= 0.6 is 0 Å². The fraction of sp³-hybridized carbons (Fsp3) is 0.409. The van der Waals surface area contributed by atoms with Gasteiger partial charge < -0.3 is 14.2 Å². The second-order valence-electron chi connectivity index (χ2n) is 7.76. The number of methoxy groups -OCH3 is 1. The van der Waals surface area contributed by atoms with Gasteiger partial charge in [-0.25, -0.2) is 4.98 Å². The summed E-state index contributed by atoms with van der Waals surface area (Å²) in [5.41, 5.74) is 0.357. The first-order valence-corrected chi connectivity index (χ1v) is 10.0. The first-order valence-electron chi connectivity index (χ1n) is 10.0. The molecule has 0 unspecified atom stereocenters. The summed E-state index contributed by atoms with van der Waals surface area (Å²) in [4.78, 5) is 18.6. The Morgan fingerprint density at radius 1 is 1.29 bits per heavy atom. The van der Waals surface area contributed by atoms with Crippen molar-refractivity contribution >= 4 is 17.0 Å². The van der Waals surface area contributed by atoms with Crippen LogP contribution in [0.2, 0.25) is 0 Å². The van der Waals surface area contributed by atoms with Gasteiger partial charge in [-0.05, 0) is 43.5 Å². The van der Waals surface area contributed by atoms with E-state index < -0.39 is 11.7 Å². The van der Waals surface area contributed by atoms with Crippen molar-refractivity contribution in [3.05, 3.63) is 52.8 Å². The zero-order valence-corrected chi connectivity index (χ0v) is 17.2. The number of aryl methyl sites for hydroxylation is 1. The molecule has 3 heterocycles. The third-order valence-electron chi connectivity index (χ3n) is 5.58. The Bertz CT molecular complexity index is 1090. The number of piperidine rings is 1. The number of halogens is 3. The van der Waals surface area contributed by atoms with Crippen LogP contribution in [0.15, 0.2) is 34.9 Å². The fourth-order valence-corrected chi connectivity index (χ4v) is 4.06. The van der Waals surface area contributed by atoms with Crippen LogP contribution in [-0.4, -0.2) is 41.1 Å². The van der Waals surface area contributed by atoms with Gasteiger partial charge in [-0.3, -0.25) is 4.79 Å². The Hall–Kier alpha value is -3.10. The number of ether oxygens (including phenoxy) is 1. The monoisotopic (exact) mass is 433 g/mol. The molecule has 6 nitrogen and oxygen atoms in total. The zero-order valence-electron chi connectivity index (χ0n) is 17.2. The SMILES string of the molecule is COc1ccc(CC(=O)N2CCC[C@@H](c3noc4nc(C)cc(C(F)(F)F)c34)C2)cc1. The third kappa shape index (κ3) is 4.35. The molecule has 1 atom stereocenters. The van der Waals surface area contributed by atoms with E-state index in [0.29, 0.717) is 31.7 Å². The van der Waals surface area contributed by atoms with Gasteiger partial charge in [0.2, 0.25) is 5.91 Å². The van der Waals surface area contributed by atoms with Crippen LogP contribution in [0.5, 0.6) is 5.75 Å². The molecule has 1 amide bonds. The van der Waals surface area contributed by atoms with E-state index in [9.17, 15) is 18.0 Å². The quantitative estimate of drug-likeness (QED) is 0.606. The lowest BCUT2D eigenvalue weighted by Gasteiger charge is -2.32. The highest BCUT2D eigenvalue weighted by Crippen LogP contribution is 2.40. The topological polar surface area (TPSA) is 68.5 Å². The van der Waals surface area contributed by atoms with Crippen molar-refractivity contribution in [2.45, 2.75) is 38.3 Å². The van der Waals surface area contributed by atoms with Crippen LogP contribution in [0, 0.1) is 6.92 Å². The van der Waals surface area contributed by atoms with E-state index >= 15 is 0 Å². The number of fused-ring (bicyclic) bond motifs is 1. The average Bonchev–Trinajstić information content (AvgIpc) is 3.16. The van der Waals surface area contributed by atoms with Crippen molar-refractivity contribution in [2.24, 2.45) is 0 Å². The largest absolute Gasteiger partial charge is 0.497 e.